The van der Waals surface area contributed by atoms with Gasteiger partial charge in [0.2, 0.25) is 0 Å². The number of rotatable bonds is 3. The Morgan fingerprint density at radius 1 is 1.29 bits per heavy atom. The van der Waals surface area contributed by atoms with Crippen molar-refractivity contribution in [3.8, 4) is 11.5 Å². The first-order chi connectivity index (χ1) is 8.15. The highest BCUT2D eigenvalue weighted by atomic mass is 16.6. The predicted molar refractivity (Wildman–Crippen MR) is 65.5 cm³/mol. The van der Waals surface area contributed by atoms with Gasteiger partial charge in [-0.3, -0.25) is 0 Å². The molecule has 0 saturated carbocycles. The summed E-state index contributed by atoms with van der Waals surface area (Å²) in [7, 11) is 0. The molecular weight excluding hydrogens is 218 g/mol. The summed E-state index contributed by atoms with van der Waals surface area (Å²) in [6.45, 7) is 5.47. The largest absolute Gasteiger partial charge is 0.486 e. The second-order valence-corrected chi connectivity index (χ2v) is 4.50. The highest BCUT2D eigenvalue weighted by Gasteiger charge is 2.23. The number of hydrogen-bond donors (Lipinski definition) is 2. The summed E-state index contributed by atoms with van der Waals surface area (Å²) in [6.07, 6.45) is -0.650. The number of aliphatic hydroxyl groups excluding tert-OH is 1. The standard InChI is InChI=1S/C13H19NO3/c1-8(2)12-9(10(15)7-14)3-4-11-13(12)17-6-5-16-11/h3-4,8,10,15H,5-7,14H2,1-2H3. The highest BCUT2D eigenvalue weighted by molar-refractivity contribution is 5.53. The molecule has 3 N–H and O–H groups in total. The summed E-state index contributed by atoms with van der Waals surface area (Å²) in [5, 5.41) is 9.94. The van der Waals surface area contributed by atoms with Gasteiger partial charge in [0, 0.05) is 12.1 Å². The van der Waals surface area contributed by atoms with Crippen LogP contribution in [0.15, 0.2) is 12.1 Å². The molecule has 0 radical (unpaired) electrons. The Labute approximate surface area is 101 Å². The number of benzene rings is 1. The Balaban J connectivity index is 2.53. The van der Waals surface area contributed by atoms with Crippen molar-refractivity contribution in [2.45, 2.75) is 25.9 Å². The van der Waals surface area contributed by atoms with Crippen molar-refractivity contribution in [3.05, 3.63) is 23.3 Å². The molecule has 1 aliphatic heterocycles. The van der Waals surface area contributed by atoms with Crippen molar-refractivity contribution < 1.29 is 14.6 Å². The molecule has 0 amide bonds. The lowest BCUT2D eigenvalue weighted by molar-refractivity contribution is 0.163. The van der Waals surface area contributed by atoms with E-state index >= 15 is 0 Å². The number of fused-ring (bicyclic) bond motifs is 1. The first-order valence-corrected chi connectivity index (χ1v) is 5.95. The Bertz CT molecular complexity index is 404. The lowest BCUT2D eigenvalue weighted by atomic mass is 9.92. The minimum absolute atomic E-state index is 0.208. The van der Waals surface area contributed by atoms with Crippen LogP contribution in [-0.2, 0) is 0 Å². The van der Waals surface area contributed by atoms with Gasteiger partial charge in [-0.15, -0.1) is 0 Å². The van der Waals surface area contributed by atoms with Crippen LogP contribution in [0.5, 0.6) is 11.5 Å². The maximum atomic E-state index is 9.94. The van der Waals surface area contributed by atoms with E-state index in [1.165, 1.54) is 0 Å². The van der Waals surface area contributed by atoms with Crippen molar-refractivity contribution in [2.24, 2.45) is 5.73 Å². The number of aliphatic hydroxyl groups is 1. The molecule has 0 spiro atoms. The van der Waals surface area contributed by atoms with Crippen molar-refractivity contribution in [1.29, 1.82) is 0 Å². The first-order valence-electron chi connectivity index (χ1n) is 5.95. The Kier molecular flexibility index (Phi) is 3.54. The molecule has 0 aromatic heterocycles. The first kappa shape index (κ1) is 12.2. The fourth-order valence-corrected chi connectivity index (χ4v) is 2.17. The molecule has 1 aromatic rings. The number of nitrogens with two attached hydrogens (primary N) is 1. The summed E-state index contributed by atoms with van der Waals surface area (Å²) in [5.41, 5.74) is 7.37. The van der Waals surface area contributed by atoms with Gasteiger partial charge in [0.25, 0.3) is 0 Å². The molecule has 0 saturated heterocycles. The monoisotopic (exact) mass is 237 g/mol. The van der Waals surface area contributed by atoms with Crippen molar-refractivity contribution in [2.75, 3.05) is 19.8 Å². The van der Waals surface area contributed by atoms with E-state index in [-0.39, 0.29) is 12.5 Å². The van der Waals surface area contributed by atoms with Crippen LogP contribution >= 0.6 is 0 Å². The van der Waals surface area contributed by atoms with Crippen LogP contribution in [0, 0.1) is 0 Å². The summed E-state index contributed by atoms with van der Waals surface area (Å²) in [6, 6.07) is 3.72. The summed E-state index contributed by atoms with van der Waals surface area (Å²) >= 11 is 0. The Morgan fingerprint density at radius 3 is 2.65 bits per heavy atom. The third kappa shape index (κ3) is 2.23. The van der Waals surface area contributed by atoms with E-state index in [1.807, 2.05) is 12.1 Å². The smallest absolute Gasteiger partial charge is 0.165 e. The molecule has 17 heavy (non-hydrogen) atoms. The van der Waals surface area contributed by atoms with Gasteiger partial charge in [-0.25, -0.2) is 0 Å². The molecule has 0 aliphatic carbocycles. The zero-order chi connectivity index (χ0) is 12.4. The van der Waals surface area contributed by atoms with Gasteiger partial charge in [-0.1, -0.05) is 19.9 Å². The highest BCUT2D eigenvalue weighted by Crippen LogP contribution is 2.41. The number of hydrogen-bond acceptors (Lipinski definition) is 4. The van der Waals surface area contributed by atoms with Gasteiger partial charge < -0.3 is 20.3 Å². The van der Waals surface area contributed by atoms with Crippen LogP contribution in [-0.4, -0.2) is 24.9 Å². The van der Waals surface area contributed by atoms with Crippen molar-refractivity contribution in [1.82, 2.24) is 0 Å². The molecule has 1 aromatic carbocycles. The molecule has 1 unspecified atom stereocenters. The second-order valence-electron chi connectivity index (χ2n) is 4.50. The molecular formula is C13H19NO3. The van der Waals surface area contributed by atoms with Crippen LogP contribution in [0.3, 0.4) is 0 Å². The molecule has 1 aliphatic rings. The molecule has 0 fully saturated rings. The maximum absolute atomic E-state index is 9.94. The Hall–Kier alpha value is -1.26. The van der Waals surface area contributed by atoms with Crippen LogP contribution in [0.25, 0.3) is 0 Å². The zero-order valence-corrected chi connectivity index (χ0v) is 10.3. The van der Waals surface area contributed by atoms with E-state index in [0.29, 0.717) is 13.2 Å². The van der Waals surface area contributed by atoms with Gasteiger partial charge in [0.15, 0.2) is 11.5 Å². The van der Waals surface area contributed by atoms with Crippen LogP contribution in [0.1, 0.15) is 37.0 Å². The van der Waals surface area contributed by atoms with Gasteiger partial charge >= 0.3 is 0 Å². The van der Waals surface area contributed by atoms with Gasteiger partial charge in [0.05, 0.1) is 6.10 Å². The average molecular weight is 237 g/mol. The average Bonchev–Trinajstić information content (AvgIpc) is 2.36. The Morgan fingerprint density at radius 2 is 2.00 bits per heavy atom. The van der Waals surface area contributed by atoms with Gasteiger partial charge in [-0.2, -0.15) is 0 Å². The molecule has 94 valence electrons. The van der Waals surface area contributed by atoms with Crippen molar-refractivity contribution in [3.63, 3.8) is 0 Å². The van der Waals surface area contributed by atoms with Gasteiger partial charge in [-0.05, 0) is 17.5 Å². The fraction of sp³-hybridized carbons (Fsp3) is 0.538. The summed E-state index contributed by atoms with van der Waals surface area (Å²) < 4.78 is 11.2. The van der Waals surface area contributed by atoms with Crippen molar-refractivity contribution >= 4 is 0 Å². The molecule has 1 heterocycles. The van der Waals surface area contributed by atoms with E-state index in [0.717, 1.165) is 22.6 Å². The molecule has 4 heteroatoms. The normalized spacial score (nSPS) is 16.1. The zero-order valence-electron chi connectivity index (χ0n) is 10.3. The maximum Gasteiger partial charge on any atom is 0.165 e. The minimum atomic E-state index is -0.650. The summed E-state index contributed by atoms with van der Waals surface area (Å²) in [5.74, 6) is 1.77. The topological polar surface area (TPSA) is 64.7 Å². The lowest BCUT2D eigenvalue weighted by Crippen LogP contribution is -2.20. The SMILES string of the molecule is CC(C)c1c(C(O)CN)ccc2c1OCCO2. The fourth-order valence-electron chi connectivity index (χ4n) is 2.17. The molecule has 0 bridgehead atoms. The van der Waals surface area contributed by atoms with Gasteiger partial charge in [0.1, 0.15) is 13.2 Å². The lowest BCUT2D eigenvalue weighted by Gasteiger charge is -2.26. The molecule has 4 nitrogen and oxygen atoms in total. The van der Waals surface area contributed by atoms with E-state index < -0.39 is 6.10 Å². The number of ether oxygens (including phenoxy) is 2. The quantitative estimate of drug-likeness (QED) is 0.837. The molecule has 2 rings (SSSR count). The second kappa shape index (κ2) is 4.94. The van der Waals surface area contributed by atoms with E-state index in [2.05, 4.69) is 13.8 Å². The third-order valence-electron chi connectivity index (χ3n) is 2.94. The third-order valence-corrected chi connectivity index (χ3v) is 2.94. The van der Waals surface area contributed by atoms with Crippen LogP contribution < -0.4 is 15.2 Å². The predicted octanol–water partition coefficient (Wildman–Crippen LogP) is 1.57. The molecule has 1 atom stereocenters. The van der Waals surface area contributed by atoms with Crippen LogP contribution in [0.2, 0.25) is 0 Å². The minimum Gasteiger partial charge on any atom is -0.486 e. The van der Waals surface area contributed by atoms with Crippen LogP contribution in [0.4, 0.5) is 0 Å². The summed E-state index contributed by atoms with van der Waals surface area (Å²) in [4.78, 5) is 0. The van der Waals surface area contributed by atoms with E-state index in [9.17, 15) is 5.11 Å². The van der Waals surface area contributed by atoms with E-state index in [4.69, 9.17) is 15.2 Å². The van der Waals surface area contributed by atoms with E-state index in [1.54, 1.807) is 0 Å².